The first-order chi connectivity index (χ1) is 17.0. The van der Waals surface area contributed by atoms with E-state index >= 15 is 0 Å². The molecule has 1 aliphatic rings. The summed E-state index contributed by atoms with van der Waals surface area (Å²) in [5.41, 5.74) is 1.86. The van der Waals surface area contributed by atoms with Crippen LogP contribution in [0.25, 0.3) is 0 Å². The van der Waals surface area contributed by atoms with Gasteiger partial charge in [0.1, 0.15) is 5.92 Å². The Morgan fingerprint density at radius 3 is 2.51 bits per heavy atom. The minimum Gasteiger partial charge on any atom is -0.493 e. The third-order valence-electron chi connectivity index (χ3n) is 5.76. The van der Waals surface area contributed by atoms with Crippen LogP contribution in [-0.2, 0) is 11.2 Å². The lowest BCUT2D eigenvalue weighted by molar-refractivity contribution is -0.118. The molecule has 35 heavy (non-hydrogen) atoms. The zero-order valence-electron chi connectivity index (χ0n) is 20.1. The molecule has 1 aliphatic heterocycles. The van der Waals surface area contributed by atoms with Crippen molar-refractivity contribution in [1.29, 1.82) is 0 Å². The van der Waals surface area contributed by atoms with E-state index < -0.39 is 12.0 Å². The lowest BCUT2D eigenvalue weighted by Gasteiger charge is -2.31. The molecule has 3 heterocycles. The van der Waals surface area contributed by atoms with Crippen molar-refractivity contribution in [1.82, 2.24) is 19.7 Å². The highest BCUT2D eigenvalue weighted by atomic mass is 16.5. The van der Waals surface area contributed by atoms with Gasteiger partial charge in [0.25, 0.3) is 0 Å². The molecule has 11 heteroatoms. The fourth-order valence-corrected chi connectivity index (χ4v) is 4.16. The molecule has 0 bridgehead atoms. The van der Waals surface area contributed by atoms with Gasteiger partial charge in [0, 0.05) is 24.9 Å². The second-order valence-corrected chi connectivity index (χ2v) is 7.97. The molecule has 0 saturated heterocycles. The zero-order chi connectivity index (χ0) is 24.9. The summed E-state index contributed by atoms with van der Waals surface area (Å²) in [6, 6.07) is 6.52. The van der Waals surface area contributed by atoms with Gasteiger partial charge in [-0.2, -0.15) is 10.1 Å². The maximum atomic E-state index is 13.6. The molecular formula is C24H28N6O5. The molecule has 184 valence electrons. The van der Waals surface area contributed by atoms with Crippen LogP contribution >= 0.6 is 0 Å². The number of anilines is 1. The van der Waals surface area contributed by atoms with Crippen LogP contribution in [0, 0.1) is 5.92 Å². The number of aromatic nitrogens is 4. The number of ether oxygens (including phenoxy) is 3. The summed E-state index contributed by atoms with van der Waals surface area (Å²) in [6.07, 6.45) is 4.22. The van der Waals surface area contributed by atoms with Crippen molar-refractivity contribution in [2.45, 2.75) is 25.8 Å². The Kier molecular flexibility index (Phi) is 7.25. The highest BCUT2D eigenvalue weighted by Gasteiger charge is 2.40. The molecule has 3 aromatic rings. The van der Waals surface area contributed by atoms with Crippen molar-refractivity contribution < 1.29 is 24.1 Å². The number of rotatable bonds is 9. The van der Waals surface area contributed by atoms with Gasteiger partial charge in [-0.3, -0.25) is 9.78 Å². The number of aliphatic hydroxyl groups is 1. The molecule has 0 fully saturated rings. The zero-order valence-corrected chi connectivity index (χ0v) is 20.1. The summed E-state index contributed by atoms with van der Waals surface area (Å²) in [5, 5.41) is 16.8. The summed E-state index contributed by atoms with van der Waals surface area (Å²) < 4.78 is 18.2. The molecule has 1 amide bonds. The SMILES string of the molecule is COc1cc(C2C(C(=O)Nc3cccnc3)C(C)=Nc3nc(CCCO)nn32)cc(OC)c1OC. The summed E-state index contributed by atoms with van der Waals surface area (Å²) in [7, 11) is 4.61. The Morgan fingerprint density at radius 1 is 1.17 bits per heavy atom. The first-order valence-electron chi connectivity index (χ1n) is 11.1. The summed E-state index contributed by atoms with van der Waals surface area (Å²) >= 11 is 0. The molecule has 2 N–H and O–H groups in total. The largest absolute Gasteiger partial charge is 0.493 e. The van der Waals surface area contributed by atoms with Crippen LogP contribution in [0.15, 0.2) is 41.7 Å². The molecule has 0 aliphatic carbocycles. The van der Waals surface area contributed by atoms with E-state index in [0.717, 1.165) is 0 Å². The number of nitrogens with zero attached hydrogens (tertiary/aromatic N) is 5. The van der Waals surface area contributed by atoms with Crippen LogP contribution in [0.5, 0.6) is 17.2 Å². The number of hydrogen-bond acceptors (Lipinski definition) is 9. The third-order valence-corrected chi connectivity index (χ3v) is 5.76. The van der Waals surface area contributed by atoms with Gasteiger partial charge in [-0.1, -0.05) is 0 Å². The van der Waals surface area contributed by atoms with Gasteiger partial charge in [0.2, 0.25) is 17.6 Å². The Labute approximate surface area is 202 Å². The van der Waals surface area contributed by atoms with E-state index in [9.17, 15) is 9.90 Å². The van der Waals surface area contributed by atoms with Gasteiger partial charge >= 0.3 is 0 Å². The molecule has 2 aromatic heterocycles. The van der Waals surface area contributed by atoms with Crippen molar-refractivity contribution in [3.63, 3.8) is 0 Å². The van der Waals surface area contributed by atoms with E-state index in [0.29, 0.717) is 58.8 Å². The Morgan fingerprint density at radius 2 is 1.91 bits per heavy atom. The smallest absolute Gasteiger partial charge is 0.248 e. The van der Waals surface area contributed by atoms with E-state index in [4.69, 9.17) is 14.2 Å². The van der Waals surface area contributed by atoms with Crippen LogP contribution in [0.1, 0.15) is 30.8 Å². The molecule has 4 rings (SSSR count). The molecule has 0 saturated carbocycles. The molecular weight excluding hydrogens is 452 g/mol. The van der Waals surface area contributed by atoms with E-state index in [1.54, 1.807) is 48.3 Å². The number of benzene rings is 1. The number of amides is 1. The van der Waals surface area contributed by atoms with Gasteiger partial charge in [0.05, 0.1) is 39.3 Å². The standard InChI is InChI=1S/C24H28N6O5/c1-14-20(23(32)27-16-7-5-9-25-13-16)21(30-24(26-14)28-19(29-30)8-6-10-31)15-11-17(33-2)22(35-4)18(12-15)34-3/h5,7,9,11-13,20-21,31H,6,8,10H2,1-4H3,(H,27,32). The molecule has 2 atom stereocenters. The number of aliphatic imine (C=N–C) groups is 1. The second-order valence-electron chi connectivity index (χ2n) is 7.97. The van der Waals surface area contributed by atoms with Crippen molar-refractivity contribution in [3.8, 4) is 17.2 Å². The van der Waals surface area contributed by atoms with Crippen molar-refractivity contribution in [3.05, 3.63) is 48.0 Å². The normalized spacial score (nSPS) is 16.8. The maximum Gasteiger partial charge on any atom is 0.248 e. The highest BCUT2D eigenvalue weighted by molar-refractivity contribution is 6.10. The topological polar surface area (TPSA) is 133 Å². The molecule has 11 nitrogen and oxygen atoms in total. The predicted molar refractivity (Wildman–Crippen MR) is 129 cm³/mol. The second kappa shape index (κ2) is 10.5. The predicted octanol–water partition coefficient (Wildman–Crippen LogP) is 2.57. The number of aryl methyl sites for hydroxylation is 1. The van der Waals surface area contributed by atoms with E-state index in [2.05, 4.69) is 25.4 Å². The number of nitrogens with one attached hydrogen (secondary N) is 1. The minimum absolute atomic E-state index is 0.0264. The first-order valence-corrected chi connectivity index (χ1v) is 11.1. The number of fused-ring (bicyclic) bond motifs is 1. The average Bonchev–Trinajstić information content (AvgIpc) is 3.28. The quantitative estimate of drug-likeness (QED) is 0.477. The van der Waals surface area contributed by atoms with Gasteiger partial charge < -0.3 is 24.6 Å². The van der Waals surface area contributed by atoms with E-state index in [-0.39, 0.29) is 12.5 Å². The van der Waals surface area contributed by atoms with Crippen LogP contribution in [0.3, 0.4) is 0 Å². The number of pyridine rings is 1. The monoisotopic (exact) mass is 480 g/mol. The number of carbonyl (C=O) groups is 1. The van der Waals surface area contributed by atoms with Crippen LogP contribution < -0.4 is 19.5 Å². The number of hydrogen-bond donors (Lipinski definition) is 2. The number of aliphatic hydroxyl groups excluding tert-OH is 1. The van der Waals surface area contributed by atoms with Gasteiger partial charge in [-0.05, 0) is 43.2 Å². The minimum atomic E-state index is -0.710. The van der Waals surface area contributed by atoms with Gasteiger partial charge in [-0.25, -0.2) is 9.67 Å². The lowest BCUT2D eigenvalue weighted by Crippen LogP contribution is -2.39. The average molecular weight is 481 g/mol. The van der Waals surface area contributed by atoms with Crippen molar-refractivity contribution in [2.24, 2.45) is 10.9 Å². The number of methoxy groups -OCH3 is 3. The maximum absolute atomic E-state index is 13.6. The molecule has 2 unspecified atom stereocenters. The fraction of sp³-hybridized carbons (Fsp3) is 0.375. The van der Waals surface area contributed by atoms with Crippen LogP contribution in [-0.4, -0.2) is 64.4 Å². The Bertz CT molecular complexity index is 1200. The Balaban J connectivity index is 1.84. The van der Waals surface area contributed by atoms with E-state index in [1.807, 2.05) is 0 Å². The van der Waals surface area contributed by atoms with Crippen LogP contribution in [0.2, 0.25) is 0 Å². The van der Waals surface area contributed by atoms with Crippen LogP contribution in [0.4, 0.5) is 11.6 Å². The Hall–Kier alpha value is -3.99. The molecule has 0 spiro atoms. The molecule has 0 radical (unpaired) electrons. The van der Waals surface area contributed by atoms with Gasteiger partial charge in [-0.15, -0.1) is 0 Å². The van der Waals surface area contributed by atoms with Crippen molar-refractivity contribution in [2.75, 3.05) is 33.3 Å². The third kappa shape index (κ3) is 4.80. The van der Waals surface area contributed by atoms with E-state index in [1.165, 1.54) is 21.3 Å². The molecule has 1 aromatic carbocycles. The number of carbonyl (C=O) groups excluding carboxylic acids is 1. The highest BCUT2D eigenvalue weighted by Crippen LogP contribution is 2.44. The summed E-state index contributed by atoms with van der Waals surface area (Å²) in [4.78, 5) is 26.8. The summed E-state index contributed by atoms with van der Waals surface area (Å²) in [5.74, 6) is 1.30. The fourth-order valence-electron chi connectivity index (χ4n) is 4.16. The van der Waals surface area contributed by atoms with Gasteiger partial charge in [0.15, 0.2) is 17.3 Å². The summed E-state index contributed by atoms with van der Waals surface area (Å²) in [6.45, 7) is 1.82. The first kappa shape index (κ1) is 24.1. The van der Waals surface area contributed by atoms with Crippen molar-refractivity contribution >= 4 is 23.3 Å². The lowest BCUT2D eigenvalue weighted by atomic mass is 9.87.